The van der Waals surface area contributed by atoms with Crippen LogP contribution in [0.5, 0.6) is 0 Å². The minimum absolute atomic E-state index is 0.0868. The van der Waals surface area contributed by atoms with E-state index in [1.807, 2.05) is 0 Å². The second-order valence-electron chi connectivity index (χ2n) is 7.39. The number of imidazole rings is 1. The van der Waals surface area contributed by atoms with Crippen LogP contribution in [0, 0.1) is 0 Å². The zero-order valence-corrected chi connectivity index (χ0v) is 17.9. The lowest BCUT2D eigenvalue weighted by atomic mass is 10.1. The van der Waals surface area contributed by atoms with E-state index in [9.17, 15) is 29.4 Å². The number of aromatic amines is 1. The fourth-order valence-electron chi connectivity index (χ4n) is 3.31. The van der Waals surface area contributed by atoms with Crippen molar-refractivity contribution in [1.29, 1.82) is 0 Å². The summed E-state index contributed by atoms with van der Waals surface area (Å²) in [6.07, 6.45) is 2.67. The Morgan fingerprint density at radius 3 is 2.61 bits per heavy atom. The maximum atomic E-state index is 12.8. The number of carbonyl (C=O) groups excluding carboxylic acids is 3. The minimum atomic E-state index is -1.37. The number of aliphatic hydroxyl groups is 1. The number of likely N-dealkylation sites (tertiary alicyclic amines) is 1. The van der Waals surface area contributed by atoms with Gasteiger partial charge in [0.2, 0.25) is 17.7 Å². The van der Waals surface area contributed by atoms with Gasteiger partial charge in [-0.05, 0) is 19.8 Å². The maximum absolute atomic E-state index is 12.8. The summed E-state index contributed by atoms with van der Waals surface area (Å²) in [5.41, 5.74) is 6.51. The van der Waals surface area contributed by atoms with Crippen LogP contribution >= 0.6 is 12.6 Å². The van der Waals surface area contributed by atoms with Gasteiger partial charge in [-0.3, -0.25) is 14.4 Å². The molecule has 2 heterocycles. The Balaban J connectivity index is 2.01. The van der Waals surface area contributed by atoms with Crippen LogP contribution in [0.2, 0.25) is 0 Å². The van der Waals surface area contributed by atoms with Crippen LogP contribution in [0.25, 0.3) is 0 Å². The number of amides is 3. The predicted octanol–water partition coefficient (Wildman–Crippen LogP) is -2.36. The predicted molar refractivity (Wildman–Crippen MR) is 112 cm³/mol. The molecule has 13 heteroatoms. The molecule has 1 fully saturated rings. The average molecular weight is 457 g/mol. The van der Waals surface area contributed by atoms with Crippen molar-refractivity contribution >= 4 is 36.3 Å². The lowest BCUT2D eigenvalue weighted by molar-refractivity contribution is -0.150. The topological polar surface area (TPSA) is 191 Å². The molecule has 172 valence electrons. The lowest BCUT2D eigenvalue weighted by Crippen LogP contribution is -2.60. The van der Waals surface area contributed by atoms with Crippen LogP contribution in [0.15, 0.2) is 12.5 Å². The molecule has 1 aromatic rings. The number of nitrogens with two attached hydrogens (primary N) is 1. The van der Waals surface area contributed by atoms with Gasteiger partial charge in [-0.2, -0.15) is 12.6 Å². The standard InChI is InChI=1S/C18H28N6O6S/c1-9(25)14(17(28)24-4-2-3-13(24)18(29)30)23-16(27)12(7-31)22-15(26)11(19)5-10-6-20-8-21-10/h6,8-9,11-14,25,31H,2-5,7,19H2,1H3,(H,20,21)(H,22,26)(H,23,27)(H,29,30). The first kappa shape index (κ1) is 24.6. The number of aliphatic hydroxyl groups excluding tert-OH is 1. The third-order valence-corrected chi connectivity index (χ3v) is 5.38. The van der Waals surface area contributed by atoms with E-state index in [4.69, 9.17) is 5.73 Å². The van der Waals surface area contributed by atoms with E-state index in [0.29, 0.717) is 18.5 Å². The number of aromatic nitrogens is 2. The SMILES string of the molecule is CC(O)C(NC(=O)C(CS)NC(=O)C(N)Cc1cnc[nH]1)C(=O)N1CCCC1C(=O)O. The van der Waals surface area contributed by atoms with Crippen molar-refractivity contribution in [2.75, 3.05) is 12.3 Å². The number of carbonyl (C=O) groups is 4. The van der Waals surface area contributed by atoms with Gasteiger partial charge >= 0.3 is 5.97 Å². The van der Waals surface area contributed by atoms with Gasteiger partial charge in [-0.15, -0.1) is 0 Å². The van der Waals surface area contributed by atoms with Gasteiger partial charge in [0.15, 0.2) is 0 Å². The van der Waals surface area contributed by atoms with Gasteiger partial charge < -0.3 is 36.5 Å². The summed E-state index contributed by atoms with van der Waals surface area (Å²) in [6.45, 7) is 1.52. The van der Waals surface area contributed by atoms with Gasteiger partial charge in [0.25, 0.3) is 0 Å². The second-order valence-corrected chi connectivity index (χ2v) is 7.75. The molecule has 0 radical (unpaired) electrons. The second kappa shape index (κ2) is 11.1. The molecule has 0 saturated carbocycles. The van der Waals surface area contributed by atoms with Gasteiger partial charge in [0.1, 0.15) is 18.1 Å². The first-order chi connectivity index (χ1) is 14.6. The van der Waals surface area contributed by atoms with E-state index < -0.39 is 54.0 Å². The normalized spacial score (nSPS) is 19.9. The summed E-state index contributed by atoms with van der Waals surface area (Å²) in [6, 6.07) is -4.45. The molecule has 3 amide bonds. The van der Waals surface area contributed by atoms with E-state index in [1.54, 1.807) is 0 Å². The minimum Gasteiger partial charge on any atom is -0.480 e. The van der Waals surface area contributed by atoms with Crippen LogP contribution in [-0.2, 0) is 25.6 Å². The van der Waals surface area contributed by atoms with Crippen LogP contribution < -0.4 is 16.4 Å². The molecule has 5 unspecified atom stereocenters. The number of nitrogens with zero attached hydrogens (tertiary/aromatic N) is 2. The molecule has 0 aliphatic carbocycles. The molecule has 5 atom stereocenters. The number of H-pyrrole nitrogens is 1. The summed E-state index contributed by atoms with van der Waals surface area (Å²) in [5.74, 6) is -3.28. The van der Waals surface area contributed by atoms with Crippen molar-refractivity contribution in [2.45, 2.75) is 56.5 Å². The van der Waals surface area contributed by atoms with Gasteiger partial charge in [0.05, 0.1) is 18.5 Å². The summed E-state index contributed by atoms with van der Waals surface area (Å²) in [7, 11) is 0. The van der Waals surface area contributed by atoms with Crippen LogP contribution in [0.3, 0.4) is 0 Å². The fourth-order valence-corrected chi connectivity index (χ4v) is 3.56. The van der Waals surface area contributed by atoms with E-state index in [0.717, 1.165) is 4.90 Å². The highest BCUT2D eigenvalue weighted by Crippen LogP contribution is 2.19. The number of carboxylic acid groups (broad SMARTS) is 1. The Kier molecular flexibility index (Phi) is 8.83. The summed E-state index contributed by atoms with van der Waals surface area (Å²) < 4.78 is 0. The molecule has 1 aliphatic rings. The molecule has 1 aromatic heterocycles. The average Bonchev–Trinajstić information content (AvgIpc) is 3.40. The van der Waals surface area contributed by atoms with E-state index in [1.165, 1.54) is 19.4 Å². The largest absolute Gasteiger partial charge is 0.480 e. The summed E-state index contributed by atoms with van der Waals surface area (Å²) >= 11 is 4.07. The maximum Gasteiger partial charge on any atom is 0.326 e. The number of hydrogen-bond donors (Lipinski definition) is 7. The van der Waals surface area contributed by atoms with E-state index >= 15 is 0 Å². The molecule has 31 heavy (non-hydrogen) atoms. The number of hydrogen-bond acceptors (Lipinski definition) is 8. The lowest BCUT2D eigenvalue weighted by Gasteiger charge is -2.30. The molecule has 0 spiro atoms. The van der Waals surface area contributed by atoms with Crippen molar-refractivity contribution in [3.63, 3.8) is 0 Å². The Labute approximate surface area is 184 Å². The highest BCUT2D eigenvalue weighted by Gasteiger charge is 2.39. The zero-order chi connectivity index (χ0) is 23.1. The molecule has 0 aromatic carbocycles. The third-order valence-electron chi connectivity index (χ3n) is 5.01. The smallest absolute Gasteiger partial charge is 0.326 e. The molecular formula is C18H28N6O6S. The Bertz CT molecular complexity index is 789. The van der Waals surface area contributed by atoms with Crippen molar-refractivity contribution in [2.24, 2.45) is 5.73 Å². The van der Waals surface area contributed by atoms with Gasteiger partial charge in [-0.25, -0.2) is 9.78 Å². The zero-order valence-electron chi connectivity index (χ0n) is 17.0. The number of thiol groups is 1. The van der Waals surface area contributed by atoms with Crippen molar-refractivity contribution in [3.05, 3.63) is 18.2 Å². The summed E-state index contributed by atoms with van der Waals surface area (Å²) in [5, 5.41) is 24.2. The quantitative estimate of drug-likeness (QED) is 0.190. The highest BCUT2D eigenvalue weighted by atomic mass is 32.1. The number of nitrogens with one attached hydrogen (secondary N) is 3. The monoisotopic (exact) mass is 456 g/mol. The first-order valence-corrected chi connectivity index (χ1v) is 10.4. The Hall–Kier alpha value is -2.64. The van der Waals surface area contributed by atoms with E-state index in [-0.39, 0.29) is 18.7 Å². The molecule has 0 bridgehead atoms. The first-order valence-electron chi connectivity index (χ1n) is 9.81. The Morgan fingerprint density at radius 2 is 2.06 bits per heavy atom. The van der Waals surface area contributed by atoms with Crippen molar-refractivity contribution in [1.82, 2.24) is 25.5 Å². The van der Waals surface area contributed by atoms with Crippen LogP contribution in [0.4, 0.5) is 0 Å². The number of aliphatic carboxylic acids is 1. The molecule has 2 rings (SSSR count). The van der Waals surface area contributed by atoms with Crippen molar-refractivity contribution in [3.8, 4) is 0 Å². The number of rotatable bonds is 10. The van der Waals surface area contributed by atoms with Gasteiger partial charge in [-0.1, -0.05) is 0 Å². The Morgan fingerprint density at radius 1 is 1.35 bits per heavy atom. The molecule has 12 nitrogen and oxygen atoms in total. The fraction of sp³-hybridized carbons (Fsp3) is 0.611. The third kappa shape index (κ3) is 6.42. The molecular weight excluding hydrogens is 428 g/mol. The molecule has 1 saturated heterocycles. The number of carboxylic acids is 1. The molecule has 7 N–H and O–H groups in total. The van der Waals surface area contributed by atoms with Crippen LogP contribution in [0.1, 0.15) is 25.5 Å². The van der Waals surface area contributed by atoms with E-state index in [2.05, 4.69) is 33.2 Å². The van der Waals surface area contributed by atoms with Gasteiger partial charge in [0, 0.05) is 30.6 Å². The molecule has 1 aliphatic heterocycles. The highest BCUT2D eigenvalue weighted by molar-refractivity contribution is 7.80. The van der Waals surface area contributed by atoms with Crippen LogP contribution in [-0.4, -0.2) is 91.3 Å². The van der Waals surface area contributed by atoms with Crippen molar-refractivity contribution < 1.29 is 29.4 Å². The summed E-state index contributed by atoms with van der Waals surface area (Å²) in [4.78, 5) is 57.0.